The fourth-order valence-corrected chi connectivity index (χ4v) is 1.83. The maximum Gasteiger partial charge on any atom is 0.222 e. The number of rotatable bonds is 3. The first-order valence-electron chi connectivity index (χ1n) is 6.12. The van der Waals surface area contributed by atoms with Gasteiger partial charge in [-0.2, -0.15) is 0 Å². The molecule has 3 heteroatoms. The van der Waals surface area contributed by atoms with Crippen LogP contribution in [0.1, 0.15) is 47.0 Å². The van der Waals surface area contributed by atoms with Gasteiger partial charge in [0.2, 0.25) is 5.91 Å². The molecule has 1 rings (SSSR count). The summed E-state index contributed by atoms with van der Waals surface area (Å²) in [5.41, 5.74) is 0.227. The van der Waals surface area contributed by atoms with Gasteiger partial charge in [0.1, 0.15) is 0 Å². The van der Waals surface area contributed by atoms with Crippen LogP contribution in [0.15, 0.2) is 0 Å². The molecule has 1 fully saturated rings. The lowest BCUT2D eigenvalue weighted by atomic mass is 9.85. The standard InChI is InChI=1S/C13H23NO2/c1-10(2)11(15)9-14-8-7-13(3,4)6-5-12(14)16/h10H,5-9H2,1-4H3. The van der Waals surface area contributed by atoms with Crippen LogP contribution in [0.4, 0.5) is 0 Å². The van der Waals surface area contributed by atoms with E-state index in [0.717, 1.165) is 19.4 Å². The normalized spacial score (nSPS) is 21.1. The zero-order valence-corrected chi connectivity index (χ0v) is 10.9. The maximum absolute atomic E-state index is 11.8. The van der Waals surface area contributed by atoms with Crippen molar-refractivity contribution < 1.29 is 9.59 Å². The molecule has 92 valence electrons. The van der Waals surface area contributed by atoms with Crippen LogP contribution in [0.2, 0.25) is 0 Å². The van der Waals surface area contributed by atoms with Crippen LogP contribution in [-0.4, -0.2) is 29.7 Å². The molecular formula is C13H23NO2. The van der Waals surface area contributed by atoms with Crippen molar-refractivity contribution in [1.29, 1.82) is 0 Å². The van der Waals surface area contributed by atoms with Gasteiger partial charge >= 0.3 is 0 Å². The topological polar surface area (TPSA) is 37.4 Å². The molecular weight excluding hydrogens is 202 g/mol. The maximum atomic E-state index is 11.8. The molecule has 0 N–H and O–H groups in total. The van der Waals surface area contributed by atoms with Gasteiger partial charge in [0, 0.05) is 18.9 Å². The second-order valence-corrected chi connectivity index (χ2v) is 5.85. The first-order chi connectivity index (χ1) is 7.32. The van der Waals surface area contributed by atoms with E-state index in [1.165, 1.54) is 0 Å². The van der Waals surface area contributed by atoms with Crippen molar-refractivity contribution in [2.75, 3.05) is 13.1 Å². The molecule has 1 aliphatic rings. The first-order valence-corrected chi connectivity index (χ1v) is 6.12. The Morgan fingerprint density at radius 2 is 2.00 bits per heavy atom. The SMILES string of the molecule is CC(C)C(=O)CN1CCC(C)(C)CCC1=O. The number of amides is 1. The van der Waals surface area contributed by atoms with Gasteiger partial charge in [-0.15, -0.1) is 0 Å². The Kier molecular flexibility index (Phi) is 4.11. The van der Waals surface area contributed by atoms with E-state index < -0.39 is 0 Å². The van der Waals surface area contributed by atoms with Crippen molar-refractivity contribution >= 4 is 11.7 Å². The minimum absolute atomic E-state index is 0.0177. The summed E-state index contributed by atoms with van der Waals surface area (Å²) in [5, 5.41) is 0. The average molecular weight is 225 g/mol. The zero-order chi connectivity index (χ0) is 12.3. The van der Waals surface area contributed by atoms with Gasteiger partial charge in [-0.05, 0) is 18.3 Å². The molecule has 0 radical (unpaired) electrons. The molecule has 0 aliphatic carbocycles. The Morgan fingerprint density at radius 3 is 2.56 bits per heavy atom. The molecule has 0 spiro atoms. The second kappa shape index (κ2) is 4.98. The summed E-state index contributed by atoms with van der Waals surface area (Å²) >= 11 is 0. The van der Waals surface area contributed by atoms with E-state index in [0.29, 0.717) is 13.0 Å². The van der Waals surface area contributed by atoms with Gasteiger partial charge in [-0.25, -0.2) is 0 Å². The van der Waals surface area contributed by atoms with Crippen molar-refractivity contribution in [2.45, 2.75) is 47.0 Å². The van der Waals surface area contributed by atoms with E-state index in [2.05, 4.69) is 13.8 Å². The number of hydrogen-bond donors (Lipinski definition) is 0. The van der Waals surface area contributed by atoms with Gasteiger partial charge in [0.05, 0.1) is 6.54 Å². The smallest absolute Gasteiger partial charge is 0.222 e. The van der Waals surface area contributed by atoms with Crippen molar-refractivity contribution in [2.24, 2.45) is 11.3 Å². The number of hydrogen-bond acceptors (Lipinski definition) is 2. The molecule has 0 aromatic carbocycles. The van der Waals surface area contributed by atoms with Crippen LogP contribution in [0.5, 0.6) is 0 Å². The summed E-state index contributed by atoms with van der Waals surface area (Å²) in [6.07, 6.45) is 2.50. The highest BCUT2D eigenvalue weighted by Gasteiger charge is 2.28. The Morgan fingerprint density at radius 1 is 1.38 bits per heavy atom. The molecule has 3 nitrogen and oxygen atoms in total. The Balaban J connectivity index is 2.60. The second-order valence-electron chi connectivity index (χ2n) is 5.85. The van der Waals surface area contributed by atoms with Gasteiger partial charge in [0.15, 0.2) is 5.78 Å². The number of carbonyl (C=O) groups excluding carboxylic acids is 2. The third-order valence-corrected chi connectivity index (χ3v) is 3.42. The van der Waals surface area contributed by atoms with Crippen LogP contribution in [0.3, 0.4) is 0 Å². The predicted octanol–water partition coefficient (Wildman–Crippen LogP) is 2.25. The molecule has 0 atom stereocenters. The van der Waals surface area contributed by atoms with E-state index in [4.69, 9.17) is 0 Å². The molecule has 16 heavy (non-hydrogen) atoms. The molecule has 1 aliphatic heterocycles. The lowest BCUT2D eigenvalue weighted by molar-refractivity contribution is -0.135. The molecule has 0 unspecified atom stereocenters. The number of ketones is 1. The fourth-order valence-electron chi connectivity index (χ4n) is 1.83. The summed E-state index contributed by atoms with van der Waals surface area (Å²) < 4.78 is 0. The fraction of sp³-hybridized carbons (Fsp3) is 0.846. The highest BCUT2D eigenvalue weighted by molar-refractivity contribution is 5.87. The summed E-state index contributed by atoms with van der Waals surface area (Å²) in [6, 6.07) is 0. The number of carbonyl (C=O) groups is 2. The lowest BCUT2D eigenvalue weighted by Gasteiger charge is -2.23. The molecule has 0 aromatic heterocycles. The van der Waals surface area contributed by atoms with Crippen molar-refractivity contribution in [3.05, 3.63) is 0 Å². The van der Waals surface area contributed by atoms with E-state index in [9.17, 15) is 9.59 Å². The van der Waals surface area contributed by atoms with Gasteiger partial charge in [0.25, 0.3) is 0 Å². The minimum atomic E-state index is 0.0177. The van der Waals surface area contributed by atoms with Crippen molar-refractivity contribution in [3.63, 3.8) is 0 Å². The summed E-state index contributed by atoms with van der Waals surface area (Å²) in [6.45, 7) is 9.17. The van der Waals surface area contributed by atoms with Crippen LogP contribution < -0.4 is 0 Å². The van der Waals surface area contributed by atoms with Gasteiger partial charge in [-0.3, -0.25) is 9.59 Å². The predicted molar refractivity (Wildman–Crippen MR) is 64.1 cm³/mol. The zero-order valence-electron chi connectivity index (χ0n) is 10.9. The van der Waals surface area contributed by atoms with Crippen molar-refractivity contribution in [1.82, 2.24) is 4.90 Å². The third kappa shape index (κ3) is 3.62. The van der Waals surface area contributed by atoms with E-state index >= 15 is 0 Å². The van der Waals surface area contributed by atoms with Crippen molar-refractivity contribution in [3.8, 4) is 0 Å². The van der Waals surface area contributed by atoms with Crippen LogP contribution in [-0.2, 0) is 9.59 Å². The largest absolute Gasteiger partial charge is 0.335 e. The van der Waals surface area contributed by atoms with Crippen LogP contribution >= 0.6 is 0 Å². The molecule has 1 saturated heterocycles. The van der Waals surface area contributed by atoms with Gasteiger partial charge in [-0.1, -0.05) is 27.7 Å². The van der Waals surface area contributed by atoms with Crippen LogP contribution in [0.25, 0.3) is 0 Å². The molecule has 1 heterocycles. The third-order valence-electron chi connectivity index (χ3n) is 3.42. The number of likely N-dealkylation sites (tertiary alicyclic amines) is 1. The van der Waals surface area contributed by atoms with E-state index in [-0.39, 0.29) is 23.0 Å². The summed E-state index contributed by atoms with van der Waals surface area (Å²) in [5.74, 6) is 0.316. The van der Waals surface area contributed by atoms with E-state index in [1.807, 2.05) is 13.8 Å². The van der Waals surface area contributed by atoms with Crippen LogP contribution in [0, 0.1) is 11.3 Å². The quantitative estimate of drug-likeness (QED) is 0.738. The first kappa shape index (κ1) is 13.2. The summed E-state index contributed by atoms with van der Waals surface area (Å²) in [4.78, 5) is 25.2. The molecule has 0 aromatic rings. The molecule has 0 saturated carbocycles. The molecule has 0 bridgehead atoms. The highest BCUT2D eigenvalue weighted by atomic mass is 16.2. The Hall–Kier alpha value is -0.860. The highest BCUT2D eigenvalue weighted by Crippen LogP contribution is 2.30. The average Bonchev–Trinajstić information content (AvgIpc) is 2.30. The number of nitrogens with zero attached hydrogens (tertiary/aromatic N) is 1. The number of Topliss-reactive ketones (excluding diaryl/α,β-unsaturated/α-hetero) is 1. The summed E-state index contributed by atoms with van der Waals surface area (Å²) in [7, 11) is 0. The lowest BCUT2D eigenvalue weighted by Crippen LogP contribution is -2.36. The Labute approximate surface area is 98.2 Å². The Bertz CT molecular complexity index is 282. The molecule has 1 amide bonds. The minimum Gasteiger partial charge on any atom is -0.335 e. The van der Waals surface area contributed by atoms with Gasteiger partial charge < -0.3 is 4.90 Å². The monoisotopic (exact) mass is 225 g/mol. The van der Waals surface area contributed by atoms with E-state index in [1.54, 1.807) is 4.90 Å².